The van der Waals surface area contributed by atoms with E-state index in [0.29, 0.717) is 6.10 Å². The summed E-state index contributed by atoms with van der Waals surface area (Å²) in [7, 11) is 0. The summed E-state index contributed by atoms with van der Waals surface area (Å²) in [5, 5.41) is 3.43. The molecule has 1 aromatic rings. The van der Waals surface area contributed by atoms with E-state index in [1.807, 2.05) is 0 Å². The van der Waals surface area contributed by atoms with Gasteiger partial charge in [-0.1, -0.05) is 12.1 Å². The van der Waals surface area contributed by atoms with E-state index in [1.54, 1.807) is 11.8 Å². The van der Waals surface area contributed by atoms with Gasteiger partial charge in [-0.3, -0.25) is 0 Å². The van der Waals surface area contributed by atoms with Crippen LogP contribution in [0.15, 0.2) is 29.2 Å². The standard InChI is InChI=1S/C14H23NOS/c1-12(2)16-10-4-9-15-11-13-5-7-14(17-3)8-6-13/h5-8,12,15H,4,9-11H2,1-3H3. The Labute approximate surface area is 109 Å². The van der Waals surface area contributed by atoms with Gasteiger partial charge in [0.25, 0.3) is 0 Å². The molecule has 0 aliphatic rings. The number of hydrogen-bond acceptors (Lipinski definition) is 3. The Balaban J connectivity index is 2.09. The molecule has 0 bridgehead atoms. The molecule has 0 aliphatic heterocycles. The molecule has 0 heterocycles. The topological polar surface area (TPSA) is 21.3 Å². The molecule has 0 saturated carbocycles. The largest absolute Gasteiger partial charge is 0.379 e. The van der Waals surface area contributed by atoms with Crippen molar-refractivity contribution in [2.24, 2.45) is 0 Å². The van der Waals surface area contributed by atoms with Crippen LogP contribution in [0.3, 0.4) is 0 Å². The summed E-state index contributed by atoms with van der Waals surface area (Å²) in [5.41, 5.74) is 1.34. The number of benzene rings is 1. The number of thioether (sulfide) groups is 1. The predicted molar refractivity (Wildman–Crippen MR) is 75.6 cm³/mol. The van der Waals surface area contributed by atoms with Gasteiger partial charge < -0.3 is 10.1 Å². The second-order valence-electron chi connectivity index (χ2n) is 4.30. The van der Waals surface area contributed by atoms with Crippen LogP contribution < -0.4 is 5.32 Å². The highest BCUT2D eigenvalue weighted by Crippen LogP contribution is 2.14. The average Bonchev–Trinajstić information content (AvgIpc) is 2.34. The Morgan fingerprint density at radius 2 is 1.94 bits per heavy atom. The van der Waals surface area contributed by atoms with Crippen molar-refractivity contribution in [3.63, 3.8) is 0 Å². The smallest absolute Gasteiger partial charge is 0.0518 e. The SMILES string of the molecule is CSc1ccc(CNCCCOC(C)C)cc1. The Hall–Kier alpha value is -0.510. The molecule has 0 fully saturated rings. The zero-order valence-corrected chi connectivity index (χ0v) is 11.8. The molecule has 3 heteroatoms. The van der Waals surface area contributed by atoms with E-state index in [4.69, 9.17) is 4.74 Å². The fraction of sp³-hybridized carbons (Fsp3) is 0.571. The van der Waals surface area contributed by atoms with Gasteiger partial charge in [0.1, 0.15) is 0 Å². The number of ether oxygens (including phenoxy) is 1. The van der Waals surface area contributed by atoms with Crippen molar-refractivity contribution in [2.75, 3.05) is 19.4 Å². The number of rotatable bonds is 8. The van der Waals surface area contributed by atoms with Gasteiger partial charge in [0.2, 0.25) is 0 Å². The van der Waals surface area contributed by atoms with Crippen molar-refractivity contribution in [3.05, 3.63) is 29.8 Å². The van der Waals surface area contributed by atoms with E-state index in [-0.39, 0.29) is 0 Å². The van der Waals surface area contributed by atoms with Crippen LogP contribution in [-0.2, 0) is 11.3 Å². The fourth-order valence-corrected chi connectivity index (χ4v) is 1.90. The minimum atomic E-state index is 0.342. The molecular weight excluding hydrogens is 230 g/mol. The molecule has 0 unspecified atom stereocenters. The second-order valence-corrected chi connectivity index (χ2v) is 5.18. The summed E-state index contributed by atoms with van der Waals surface area (Å²) >= 11 is 1.78. The van der Waals surface area contributed by atoms with E-state index >= 15 is 0 Å². The van der Waals surface area contributed by atoms with Crippen molar-refractivity contribution in [1.29, 1.82) is 0 Å². The lowest BCUT2D eigenvalue weighted by molar-refractivity contribution is 0.0770. The van der Waals surface area contributed by atoms with Crippen LogP contribution in [0.1, 0.15) is 25.8 Å². The summed E-state index contributed by atoms with van der Waals surface area (Å²) in [4.78, 5) is 1.32. The molecule has 1 N–H and O–H groups in total. The van der Waals surface area contributed by atoms with Gasteiger partial charge in [-0.15, -0.1) is 11.8 Å². The quantitative estimate of drug-likeness (QED) is 0.567. The third-order valence-corrected chi connectivity index (χ3v) is 3.18. The Bertz CT molecular complexity index is 298. The highest BCUT2D eigenvalue weighted by molar-refractivity contribution is 7.98. The third-order valence-electron chi connectivity index (χ3n) is 2.44. The first-order valence-electron chi connectivity index (χ1n) is 6.17. The van der Waals surface area contributed by atoms with Gasteiger partial charge in [0.05, 0.1) is 6.10 Å². The van der Waals surface area contributed by atoms with Crippen LogP contribution in [0.25, 0.3) is 0 Å². The minimum absolute atomic E-state index is 0.342. The van der Waals surface area contributed by atoms with Gasteiger partial charge in [0, 0.05) is 18.0 Å². The van der Waals surface area contributed by atoms with Gasteiger partial charge in [-0.2, -0.15) is 0 Å². The first-order chi connectivity index (χ1) is 8.22. The second kappa shape index (κ2) is 8.56. The van der Waals surface area contributed by atoms with Crippen LogP contribution >= 0.6 is 11.8 Å². The summed E-state index contributed by atoms with van der Waals surface area (Å²) < 4.78 is 5.48. The first kappa shape index (κ1) is 14.6. The zero-order chi connectivity index (χ0) is 12.5. The highest BCUT2D eigenvalue weighted by Gasteiger charge is 1.95. The highest BCUT2D eigenvalue weighted by atomic mass is 32.2. The van der Waals surface area contributed by atoms with Crippen LogP contribution in [0.2, 0.25) is 0 Å². The maximum atomic E-state index is 5.48. The van der Waals surface area contributed by atoms with Crippen molar-refractivity contribution >= 4 is 11.8 Å². The van der Waals surface area contributed by atoms with Gasteiger partial charge in [-0.25, -0.2) is 0 Å². The molecule has 0 aromatic heterocycles. The molecule has 1 rings (SSSR count). The van der Waals surface area contributed by atoms with Crippen molar-refractivity contribution in [1.82, 2.24) is 5.32 Å². The first-order valence-corrected chi connectivity index (χ1v) is 7.40. The van der Waals surface area contributed by atoms with Crippen LogP contribution in [-0.4, -0.2) is 25.5 Å². The van der Waals surface area contributed by atoms with E-state index in [9.17, 15) is 0 Å². The van der Waals surface area contributed by atoms with E-state index in [1.165, 1.54) is 10.5 Å². The molecule has 2 nitrogen and oxygen atoms in total. The lowest BCUT2D eigenvalue weighted by Gasteiger charge is -2.08. The average molecular weight is 253 g/mol. The maximum absolute atomic E-state index is 5.48. The fourth-order valence-electron chi connectivity index (χ4n) is 1.49. The molecule has 17 heavy (non-hydrogen) atoms. The van der Waals surface area contributed by atoms with Crippen molar-refractivity contribution in [2.45, 2.75) is 37.8 Å². The zero-order valence-electron chi connectivity index (χ0n) is 11.0. The molecular formula is C14H23NOS. The Morgan fingerprint density at radius 1 is 1.24 bits per heavy atom. The maximum Gasteiger partial charge on any atom is 0.0518 e. The molecule has 0 atom stereocenters. The molecule has 96 valence electrons. The normalized spacial score (nSPS) is 11.1. The lowest BCUT2D eigenvalue weighted by atomic mass is 10.2. The molecule has 0 radical (unpaired) electrons. The summed E-state index contributed by atoms with van der Waals surface area (Å²) in [5.74, 6) is 0. The van der Waals surface area contributed by atoms with Crippen LogP contribution in [0.5, 0.6) is 0 Å². The summed E-state index contributed by atoms with van der Waals surface area (Å²) in [6.45, 7) is 6.94. The number of nitrogens with one attached hydrogen (secondary N) is 1. The van der Waals surface area contributed by atoms with E-state index < -0.39 is 0 Å². The third kappa shape index (κ3) is 6.71. The minimum Gasteiger partial charge on any atom is -0.379 e. The monoisotopic (exact) mass is 253 g/mol. The molecule has 0 amide bonds. The van der Waals surface area contributed by atoms with Gasteiger partial charge >= 0.3 is 0 Å². The summed E-state index contributed by atoms with van der Waals surface area (Å²) in [6.07, 6.45) is 3.51. The Morgan fingerprint density at radius 3 is 2.53 bits per heavy atom. The van der Waals surface area contributed by atoms with Gasteiger partial charge in [-0.05, 0) is 50.8 Å². The van der Waals surface area contributed by atoms with Gasteiger partial charge in [0.15, 0.2) is 0 Å². The van der Waals surface area contributed by atoms with Crippen molar-refractivity contribution in [3.8, 4) is 0 Å². The van der Waals surface area contributed by atoms with Crippen molar-refractivity contribution < 1.29 is 4.74 Å². The van der Waals surface area contributed by atoms with Crippen LogP contribution in [0, 0.1) is 0 Å². The molecule has 0 aliphatic carbocycles. The molecule has 0 saturated heterocycles. The van der Waals surface area contributed by atoms with E-state index in [0.717, 1.165) is 26.1 Å². The molecule has 1 aromatic carbocycles. The predicted octanol–water partition coefficient (Wildman–Crippen LogP) is 3.31. The molecule has 0 spiro atoms. The van der Waals surface area contributed by atoms with Crippen LogP contribution in [0.4, 0.5) is 0 Å². The van der Waals surface area contributed by atoms with E-state index in [2.05, 4.69) is 49.7 Å². The lowest BCUT2D eigenvalue weighted by Crippen LogP contribution is -2.17. The summed E-state index contributed by atoms with van der Waals surface area (Å²) in [6, 6.07) is 8.71. The Kier molecular flexibility index (Phi) is 7.33. The number of hydrogen-bond donors (Lipinski definition) is 1.